The van der Waals surface area contributed by atoms with Gasteiger partial charge in [-0.3, -0.25) is 4.79 Å². The molecule has 120 valence electrons. The topological polar surface area (TPSA) is 40.5 Å². The first-order valence-corrected chi connectivity index (χ1v) is 8.18. The van der Waals surface area contributed by atoms with E-state index in [2.05, 4.69) is 32.6 Å². The number of rotatable bonds is 11. The van der Waals surface area contributed by atoms with Crippen molar-refractivity contribution in [2.45, 2.75) is 72.3 Å². The van der Waals surface area contributed by atoms with Gasteiger partial charge in [-0.2, -0.15) is 0 Å². The predicted molar refractivity (Wildman–Crippen MR) is 88.0 cm³/mol. The molecule has 0 aromatic rings. The van der Waals surface area contributed by atoms with E-state index in [1.54, 1.807) is 6.08 Å². The summed E-state index contributed by atoms with van der Waals surface area (Å²) in [5, 5.41) is 9.66. The number of hydrogen-bond donors (Lipinski definition) is 1. The molecule has 0 radical (unpaired) electrons. The molecular weight excluding hydrogens is 250 g/mol. The Morgan fingerprint density at radius 2 is 1.45 bits per heavy atom. The number of allylic oxidation sites excluding steroid dienone is 1. The summed E-state index contributed by atoms with van der Waals surface area (Å²) < 4.78 is 0. The molecule has 0 spiro atoms. The van der Waals surface area contributed by atoms with E-state index in [0.717, 1.165) is 25.9 Å². The Bertz CT molecular complexity index is 207. The summed E-state index contributed by atoms with van der Waals surface area (Å²) in [7, 11) is 0. The zero-order chi connectivity index (χ0) is 15.6. The molecule has 0 aliphatic carbocycles. The van der Waals surface area contributed by atoms with Gasteiger partial charge >= 0.3 is 0 Å². The van der Waals surface area contributed by atoms with Gasteiger partial charge in [-0.1, -0.05) is 59.5 Å². The van der Waals surface area contributed by atoms with E-state index in [1.807, 2.05) is 0 Å². The van der Waals surface area contributed by atoms with Crippen molar-refractivity contribution in [2.75, 3.05) is 19.6 Å². The zero-order valence-corrected chi connectivity index (χ0v) is 14.0. The molecule has 0 fully saturated rings. The van der Waals surface area contributed by atoms with Gasteiger partial charge in [-0.15, -0.1) is 0 Å². The summed E-state index contributed by atoms with van der Waals surface area (Å²) in [6.07, 6.45) is 10.4. The smallest absolute Gasteiger partial charge is 0.142 e. The second kappa shape index (κ2) is 18.3. The fraction of sp³-hybridized carbons (Fsp3) is 0.824. The van der Waals surface area contributed by atoms with Gasteiger partial charge in [0.25, 0.3) is 0 Å². The van der Waals surface area contributed by atoms with Crippen molar-refractivity contribution >= 4 is 6.29 Å². The third-order valence-electron chi connectivity index (χ3n) is 3.01. The highest BCUT2D eigenvalue weighted by molar-refractivity contribution is 5.64. The number of aliphatic hydroxyl groups is 1. The van der Waals surface area contributed by atoms with E-state index in [1.165, 1.54) is 31.8 Å². The molecule has 1 unspecified atom stereocenters. The molecule has 0 aliphatic heterocycles. The minimum atomic E-state index is -0.529. The molecule has 3 heteroatoms. The van der Waals surface area contributed by atoms with Gasteiger partial charge in [0.15, 0.2) is 0 Å². The minimum absolute atomic E-state index is 0.529. The number of carbonyl (C=O) groups excluding carboxylic acids is 1. The highest BCUT2D eigenvalue weighted by Gasteiger charge is 2.08. The average Bonchev–Trinajstić information content (AvgIpc) is 2.48. The Balaban J connectivity index is 0. The lowest BCUT2D eigenvalue weighted by Crippen LogP contribution is -2.33. The SMILES string of the molecule is CCCC.CCCCN(CCCC)CC(O)C=CC=O. The zero-order valence-electron chi connectivity index (χ0n) is 14.0. The molecule has 0 saturated carbocycles. The number of nitrogens with zero attached hydrogens (tertiary/aromatic N) is 1. The number of hydrogen-bond acceptors (Lipinski definition) is 3. The lowest BCUT2D eigenvalue weighted by atomic mass is 10.2. The van der Waals surface area contributed by atoms with E-state index >= 15 is 0 Å². The molecule has 0 bridgehead atoms. The van der Waals surface area contributed by atoms with Gasteiger partial charge in [0.05, 0.1) is 6.10 Å². The van der Waals surface area contributed by atoms with Crippen LogP contribution in [0.3, 0.4) is 0 Å². The number of aldehydes is 1. The molecule has 0 aromatic carbocycles. The maximum atomic E-state index is 10.1. The highest BCUT2D eigenvalue weighted by atomic mass is 16.3. The van der Waals surface area contributed by atoms with Crippen molar-refractivity contribution in [2.24, 2.45) is 0 Å². The van der Waals surface area contributed by atoms with Gasteiger partial charge in [-0.05, 0) is 32.0 Å². The van der Waals surface area contributed by atoms with E-state index in [4.69, 9.17) is 0 Å². The third-order valence-corrected chi connectivity index (χ3v) is 3.01. The fourth-order valence-electron chi connectivity index (χ4n) is 1.56. The molecule has 20 heavy (non-hydrogen) atoms. The lowest BCUT2D eigenvalue weighted by molar-refractivity contribution is -0.104. The second-order valence-electron chi connectivity index (χ2n) is 5.10. The molecule has 0 heterocycles. The van der Waals surface area contributed by atoms with Crippen molar-refractivity contribution in [1.82, 2.24) is 4.90 Å². The van der Waals surface area contributed by atoms with Crippen LogP contribution in [0.4, 0.5) is 0 Å². The predicted octanol–water partition coefficient (Wildman–Crippen LogP) is 3.81. The van der Waals surface area contributed by atoms with Crippen molar-refractivity contribution in [3.8, 4) is 0 Å². The first-order chi connectivity index (χ1) is 9.65. The lowest BCUT2D eigenvalue weighted by Gasteiger charge is -2.23. The van der Waals surface area contributed by atoms with Crippen molar-refractivity contribution in [3.63, 3.8) is 0 Å². The molecular formula is C17H35NO2. The van der Waals surface area contributed by atoms with Crippen LogP contribution in [-0.4, -0.2) is 42.0 Å². The van der Waals surface area contributed by atoms with Crippen LogP contribution in [-0.2, 0) is 4.79 Å². The first-order valence-electron chi connectivity index (χ1n) is 8.18. The van der Waals surface area contributed by atoms with Crippen LogP contribution in [0, 0.1) is 0 Å². The second-order valence-corrected chi connectivity index (χ2v) is 5.10. The van der Waals surface area contributed by atoms with Gasteiger partial charge in [0.2, 0.25) is 0 Å². The Kier molecular flexibility index (Phi) is 19.8. The van der Waals surface area contributed by atoms with E-state index < -0.39 is 6.10 Å². The normalized spacial score (nSPS) is 12.3. The van der Waals surface area contributed by atoms with Crippen LogP contribution in [0.1, 0.15) is 66.2 Å². The standard InChI is InChI=1S/C13H25NO2.C4H10/c1-3-5-9-14(10-6-4-2)12-13(16)8-7-11-15;1-3-4-2/h7-8,11,13,16H,3-6,9-10,12H2,1-2H3;3-4H2,1-2H3. The number of unbranched alkanes of at least 4 members (excludes halogenated alkanes) is 3. The Morgan fingerprint density at radius 1 is 0.950 bits per heavy atom. The highest BCUT2D eigenvalue weighted by Crippen LogP contribution is 2.01. The van der Waals surface area contributed by atoms with Crippen LogP contribution in [0.5, 0.6) is 0 Å². The van der Waals surface area contributed by atoms with Gasteiger partial charge in [0.1, 0.15) is 6.29 Å². The maximum Gasteiger partial charge on any atom is 0.142 e. The molecule has 0 saturated heterocycles. The van der Waals surface area contributed by atoms with E-state index in [9.17, 15) is 9.90 Å². The summed E-state index contributed by atoms with van der Waals surface area (Å²) >= 11 is 0. The van der Waals surface area contributed by atoms with Crippen LogP contribution in [0.2, 0.25) is 0 Å². The summed E-state index contributed by atoms with van der Waals surface area (Å²) in [5.41, 5.74) is 0. The Hall–Kier alpha value is -0.670. The summed E-state index contributed by atoms with van der Waals surface area (Å²) in [5.74, 6) is 0. The van der Waals surface area contributed by atoms with Crippen molar-refractivity contribution in [3.05, 3.63) is 12.2 Å². The molecule has 1 N–H and O–H groups in total. The first kappa shape index (κ1) is 21.6. The fourth-order valence-corrected chi connectivity index (χ4v) is 1.56. The molecule has 0 aliphatic rings. The van der Waals surface area contributed by atoms with Crippen LogP contribution >= 0.6 is 0 Å². The van der Waals surface area contributed by atoms with E-state index in [-0.39, 0.29) is 0 Å². The van der Waals surface area contributed by atoms with Crippen LogP contribution < -0.4 is 0 Å². The molecule has 0 rings (SSSR count). The van der Waals surface area contributed by atoms with Crippen LogP contribution in [0.25, 0.3) is 0 Å². The number of carbonyl (C=O) groups is 1. The Labute approximate surface area is 126 Å². The largest absolute Gasteiger partial charge is 0.388 e. The summed E-state index contributed by atoms with van der Waals surface area (Å²) in [6, 6.07) is 0. The molecule has 3 nitrogen and oxygen atoms in total. The van der Waals surface area contributed by atoms with Gasteiger partial charge in [-0.25, -0.2) is 0 Å². The summed E-state index contributed by atoms with van der Waals surface area (Å²) in [4.78, 5) is 12.4. The summed E-state index contributed by atoms with van der Waals surface area (Å²) in [6.45, 7) is 11.4. The number of aliphatic hydroxyl groups excluding tert-OH is 1. The van der Waals surface area contributed by atoms with Crippen molar-refractivity contribution < 1.29 is 9.90 Å². The third kappa shape index (κ3) is 17.3. The minimum Gasteiger partial charge on any atom is -0.388 e. The van der Waals surface area contributed by atoms with Crippen LogP contribution in [0.15, 0.2) is 12.2 Å². The Morgan fingerprint density at radius 3 is 1.80 bits per heavy atom. The molecule has 0 aromatic heterocycles. The quantitative estimate of drug-likeness (QED) is 0.463. The van der Waals surface area contributed by atoms with Gasteiger partial charge in [0, 0.05) is 6.54 Å². The van der Waals surface area contributed by atoms with E-state index in [0.29, 0.717) is 12.8 Å². The molecule has 1 atom stereocenters. The average molecular weight is 285 g/mol. The monoisotopic (exact) mass is 285 g/mol. The van der Waals surface area contributed by atoms with Crippen molar-refractivity contribution in [1.29, 1.82) is 0 Å². The maximum absolute atomic E-state index is 10.1. The molecule has 0 amide bonds. The van der Waals surface area contributed by atoms with Gasteiger partial charge < -0.3 is 10.0 Å².